The molecule has 0 spiro atoms. The van der Waals surface area contributed by atoms with Crippen molar-refractivity contribution in [2.75, 3.05) is 7.11 Å². The van der Waals surface area contributed by atoms with Crippen molar-refractivity contribution in [1.82, 2.24) is 15.1 Å². The first-order chi connectivity index (χ1) is 12.7. The average molecular weight is 351 g/mol. The van der Waals surface area contributed by atoms with Gasteiger partial charge in [-0.1, -0.05) is 30.3 Å². The number of nitrogens with zero attached hydrogens (tertiary/aromatic N) is 2. The van der Waals surface area contributed by atoms with Crippen molar-refractivity contribution in [2.24, 2.45) is 0 Å². The lowest BCUT2D eigenvalue weighted by Crippen LogP contribution is -2.27. The highest BCUT2D eigenvalue weighted by Crippen LogP contribution is 2.41. The molecule has 1 aliphatic rings. The second kappa shape index (κ2) is 6.63. The van der Waals surface area contributed by atoms with Crippen LogP contribution in [0, 0.1) is 5.82 Å². The summed E-state index contributed by atoms with van der Waals surface area (Å²) in [5.41, 5.74) is 1.98. The van der Waals surface area contributed by atoms with Gasteiger partial charge in [-0.15, -0.1) is 0 Å². The molecule has 1 aromatic heterocycles. The zero-order valence-electron chi connectivity index (χ0n) is 14.2. The maximum atomic E-state index is 13.4. The first-order valence-corrected chi connectivity index (χ1v) is 8.41. The minimum Gasteiger partial charge on any atom is -0.493 e. The van der Waals surface area contributed by atoms with Crippen LogP contribution in [0.25, 0.3) is 5.69 Å². The summed E-state index contributed by atoms with van der Waals surface area (Å²) in [5.74, 6) is -0.00523. The number of amides is 1. The summed E-state index contributed by atoms with van der Waals surface area (Å²) >= 11 is 0. The molecule has 1 fully saturated rings. The van der Waals surface area contributed by atoms with E-state index in [1.165, 1.54) is 19.2 Å². The van der Waals surface area contributed by atoms with Crippen LogP contribution in [0.1, 0.15) is 28.4 Å². The molecule has 3 aromatic rings. The largest absolute Gasteiger partial charge is 0.493 e. The van der Waals surface area contributed by atoms with Gasteiger partial charge in [0.05, 0.1) is 19.0 Å². The van der Waals surface area contributed by atoms with E-state index in [2.05, 4.69) is 10.4 Å². The van der Waals surface area contributed by atoms with E-state index in [0.717, 1.165) is 17.7 Å². The molecule has 1 saturated carbocycles. The average Bonchev–Trinajstić information content (AvgIpc) is 3.28. The van der Waals surface area contributed by atoms with Gasteiger partial charge in [0.1, 0.15) is 5.82 Å². The zero-order chi connectivity index (χ0) is 18.1. The maximum Gasteiger partial charge on any atom is 0.275 e. The fraction of sp³-hybridized carbons (Fsp3) is 0.200. The highest BCUT2D eigenvalue weighted by Gasteiger charge is 2.40. The number of halogens is 1. The number of benzene rings is 2. The molecule has 2 atom stereocenters. The summed E-state index contributed by atoms with van der Waals surface area (Å²) in [6.45, 7) is 0. The van der Waals surface area contributed by atoms with Crippen molar-refractivity contribution in [3.05, 3.63) is 77.9 Å². The molecule has 0 unspecified atom stereocenters. The summed E-state index contributed by atoms with van der Waals surface area (Å²) in [6.07, 6.45) is 2.47. The quantitative estimate of drug-likeness (QED) is 0.767. The Hall–Kier alpha value is -3.15. The van der Waals surface area contributed by atoms with Crippen molar-refractivity contribution < 1.29 is 13.9 Å². The lowest BCUT2D eigenvalue weighted by Gasteiger charge is -2.04. The van der Waals surface area contributed by atoms with Crippen LogP contribution in [0.3, 0.4) is 0 Å². The van der Waals surface area contributed by atoms with Crippen molar-refractivity contribution >= 4 is 5.91 Å². The highest BCUT2D eigenvalue weighted by atomic mass is 19.1. The molecular weight excluding hydrogens is 333 g/mol. The number of nitrogens with one attached hydrogen (secondary N) is 1. The number of ether oxygens (including phenoxy) is 1. The van der Waals surface area contributed by atoms with Gasteiger partial charge in [0, 0.05) is 12.0 Å². The monoisotopic (exact) mass is 351 g/mol. The third kappa shape index (κ3) is 3.18. The van der Waals surface area contributed by atoms with Gasteiger partial charge < -0.3 is 10.1 Å². The minimum absolute atomic E-state index is 0.0177. The van der Waals surface area contributed by atoms with E-state index in [1.807, 2.05) is 36.4 Å². The molecule has 26 heavy (non-hydrogen) atoms. The summed E-state index contributed by atoms with van der Waals surface area (Å²) in [5, 5.41) is 7.32. The van der Waals surface area contributed by atoms with Crippen LogP contribution in [0.15, 0.2) is 60.8 Å². The Labute approximate surface area is 150 Å². The van der Waals surface area contributed by atoms with Gasteiger partial charge in [-0.25, -0.2) is 9.07 Å². The molecule has 0 saturated heterocycles. The number of hydrogen-bond acceptors (Lipinski definition) is 3. The van der Waals surface area contributed by atoms with E-state index < -0.39 is 0 Å². The molecule has 0 bridgehead atoms. The summed E-state index contributed by atoms with van der Waals surface area (Å²) < 4.78 is 20.3. The molecule has 0 aliphatic heterocycles. The van der Waals surface area contributed by atoms with E-state index in [4.69, 9.17) is 4.74 Å². The predicted octanol–water partition coefficient (Wildman–Crippen LogP) is 3.31. The zero-order valence-corrected chi connectivity index (χ0v) is 14.2. The van der Waals surface area contributed by atoms with E-state index in [0.29, 0.717) is 5.75 Å². The number of carbonyl (C=O) groups is 1. The van der Waals surface area contributed by atoms with Crippen molar-refractivity contribution in [1.29, 1.82) is 0 Å². The van der Waals surface area contributed by atoms with Crippen molar-refractivity contribution in [3.63, 3.8) is 0 Å². The van der Waals surface area contributed by atoms with Crippen LogP contribution in [0.5, 0.6) is 5.75 Å². The lowest BCUT2D eigenvalue weighted by atomic mass is 10.1. The Morgan fingerprint density at radius 2 is 2.04 bits per heavy atom. The van der Waals surface area contributed by atoms with Crippen molar-refractivity contribution in [3.8, 4) is 11.4 Å². The maximum absolute atomic E-state index is 13.4. The Kier molecular flexibility index (Phi) is 4.16. The smallest absolute Gasteiger partial charge is 0.275 e. The second-order valence-corrected chi connectivity index (χ2v) is 6.30. The van der Waals surface area contributed by atoms with Crippen molar-refractivity contribution in [2.45, 2.75) is 18.4 Å². The standard InChI is InChI=1S/C20H18FN3O2/c1-26-18-12-24(15-8-3-2-4-9-15)23-19(18)20(25)22-17-11-16(17)13-6-5-7-14(21)10-13/h2-10,12,16-17H,11H2,1H3,(H,22,25)/t16-,17-/m0/s1. The Morgan fingerprint density at radius 1 is 1.23 bits per heavy atom. The molecule has 1 heterocycles. The molecule has 132 valence electrons. The van der Waals surface area contributed by atoms with E-state index in [1.54, 1.807) is 16.9 Å². The molecule has 4 rings (SSSR count). The summed E-state index contributed by atoms with van der Waals surface area (Å²) in [7, 11) is 1.51. The molecule has 1 aliphatic carbocycles. The fourth-order valence-corrected chi connectivity index (χ4v) is 3.07. The second-order valence-electron chi connectivity index (χ2n) is 6.30. The number of methoxy groups -OCH3 is 1. The van der Waals surface area contributed by atoms with E-state index >= 15 is 0 Å². The third-order valence-corrected chi connectivity index (χ3v) is 4.52. The Morgan fingerprint density at radius 3 is 2.77 bits per heavy atom. The minimum atomic E-state index is -0.291. The molecule has 6 heteroatoms. The van der Waals surface area contributed by atoms with Gasteiger partial charge in [0.2, 0.25) is 0 Å². The third-order valence-electron chi connectivity index (χ3n) is 4.52. The van der Waals surface area contributed by atoms with Gasteiger partial charge in [0.25, 0.3) is 5.91 Å². The number of carbonyl (C=O) groups excluding carboxylic acids is 1. The van der Waals surface area contributed by atoms with Crippen LogP contribution < -0.4 is 10.1 Å². The van der Waals surface area contributed by atoms with Gasteiger partial charge in [0.15, 0.2) is 11.4 Å². The van der Waals surface area contributed by atoms with Gasteiger partial charge in [-0.3, -0.25) is 4.79 Å². The normalized spacial score (nSPS) is 18.4. The van der Waals surface area contributed by atoms with E-state index in [-0.39, 0.29) is 29.4 Å². The van der Waals surface area contributed by atoms with E-state index in [9.17, 15) is 9.18 Å². The Bertz CT molecular complexity index is 939. The van der Waals surface area contributed by atoms with Crippen LogP contribution in [0.2, 0.25) is 0 Å². The van der Waals surface area contributed by atoms with Gasteiger partial charge in [-0.05, 0) is 36.2 Å². The van der Waals surface area contributed by atoms with Gasteiger partial charge >= 0.3 is 0 Å². The molecule has 1 amide bonds. The van der Waals surface area contributed by atoms with Crippen LogP contribution in [-0.4, -0.2) is 28.8 Å². The van der Waals surface area contributed by atoms with Crippen LogP contribution >= 0.6 is 0 Å². The molecule has 0 radical (unpaired) electrons. The predicted molar refractivity (Wildman–Crippen MR) is 95.1 cm³/mol. The molecule has 1 N–H and O–H groups in total. The van der Waals surface area contributed by atoms with Gasteiger partial charge in [-0.2, -0.15) is 5.10 Å². The number of para-hydroxylation sites is 1. The number of aromatic nitrogens is 2. The summed E-state index contributed by atoms with van der Waals surface area (Å²) in [4.78, 5) is 12.6. The topological polar surface area (TPSA) is 56.2 Å². The molecule has 2 aromatic carbocycles. The summed E-state index contributed by atoms with van der Waals surface area (Å²) in [6, 6.07) is 16.0. The highest BCUT2D eigenvalue weighted by molar-refractivity contribution is 5.95. The molecular formula is C20H18FN3O2. The lowest BCUT2D eigenvalue weighted by molar-refractivity contribution is 0.0942. The number of rotatable bonds is 5. The first-order valence-electron chi connectivity index (χ1n) is 8.41. The Balaban J connectivity index is 1.50. The molecule has 5 nitrogen and oxygen atoms in total. The first kappa shape index (κ1) is 16.3. The number of hydrogen-bond donors (Lipinski definition) is 1. The SMILES string of the molecule is COc1cn(-c2ccccc2)nc1C(=O)N[C@H]1C[C@H]1c1cccc(F)c1. The van der Waals surface area contributed by atoms with Crippen LogP contribution in [0.4, 0.5) is 4.39 Å². The van der Waals surface area contributed by atoms with Crippen LogP contribution in [-0.2, 0) is 0 Å². The fourth-order valence-electron chi connectivity index (χ4n) is 3.07.